The van der Waals surface area contributed by atoms with E-state index in [1.807, 2.05) is 48.5 Å². The van der Waals surface area contributed by atoms with E-state index in [1.54, 1.807) is 6.07 Å². The molecule has 0 amide bonds. The Morgan fingerprint density at radius 3 is 1.82 bits per heavy atom. The Hall–Kier alpha value is -2.83. The van der Waals surface area contributed by atoms with E-state index in [0.717, 1.165) is 43.0 Å². The van der Waals surface area contributed by atoms with Gasteiger partial charge in [0.2, 0.25) is 0 Å². The van der Waals surface area contributed by atoms with Crippen molar-refractivity contribution in [1.82, 2.24) is 4.90 Å². The molecule has 1 saturated heterocycles. The van der Waals surface area contributed by atoms with Crippen LogP contribution in [0, 0.1) is 0 Å². The Balaban J connectivity index is 1.70. The molecule has 0 radical (unpaired) electrons. The van der Waals surface area contributed by atoms with Gasteiger partial charge in [-0.05, 0) is 43.2 Å². The molecule has 174 valence electrons. The predicted molar refractivity (Wildman–Crippen MR) is 137 cm³/mol. The van der Waals surface area contributed by atoms with Crippen LogP contribution in [0.15, 0.2) is 83.8 Å². The van der Waals surface area contributed by atoms with Crippen molar-refractivity contribution in [2.24, 2.45) is 0 Å². The van der Waals surface area contributed by atoms with Gasteiger partial charge < -0.3 is 10.2 Å². The Morgan fingerprint density at radius 2 is 1.33 bits per heavy atom. The summed E-state index contributed by atoms with van der Waals surface area (Å²) in [5.74, 6) is 0. The number of hydrogen-bond acceptors (Lipinski definition) is 5. The molecule has 1 fully saturated rings. The lowest BCUT2D eigenvalue weighted by Gasteiger charge is -2.38. The number of hydrogen-bond donors (Lipinski definition) is 1. The first-order chi connectivity index (χ1) is 15.8. The van der Waals surface area contributed by atoms with Crippen LogP contribution in [-0.2, 0) is 9.84 Å². The molecule has 1 heterocycles. The van der Waals surface area contributed by atoms with Gasteiger partial charge in [0.05, 0.1) is 16.6 Å². The van der Waals surface area contributed by atoms with Gasteiger partial charge in [-0.1, -0.05) is 60.7 Å². The Bertz CT molecular complexity index is 1120. The Labute approximate surface area is 198 Å². The van der Waals surface area contributed by atoms with Gasteiger partial charge in [-0.2, -0.15) is 0 Å². The van der Waals surface area contributed by atoms with Crippen LogP contribution >= 0.6 is 0 Å². The average Bonchev–Trinajstić information content (AvgIpc) is 2.83. The van der Waals surface area contributed by atoms with Crippen molar-refractivity contribution in [3.05, 3.63) is 90.0 Å². The Morgan fingerprint density at radius 1 is 0.788 bits per heavy atom. The molecule has 0 aliphatic carbocycles. The van der Waals surface area contributed by atoms with Gasteiger partial charge in [-0.15, -0.1) is 0 Å². The lowest BCUT2D eigenvalue weighted by Crippen LogP contribution is -2.48. The molecule has 0 spiro atoms. The minimum atomic E-state index is -3.40. The summed E-state index contributed by atoms with van der Waals surface area (Å²) < 4.78 is 25.3. The lowest BCUT2D eigenvalue weighted by molar-refractivity contribution is 0.209. The van der Waals surface area contributed by atoms with Gasteiger partial charge in [0, 0.05) is 44.2 Å². The van der Waals surface area contributed by atoms with Crippen molar-refractivity contribution in [3.63, 3.8) is 0 Å². The Kier molecular flexibility index (Phi) is 7.05. The molecule has 0 atom stereocenters. The van der Waals surface area contributed by atoms with Crippen LogP contribution in [0.1, 0.15) is 31.0 Å². The number of anilines is 2. The van der Waals surface area contributed by atoms with Crippen LogP contribution in [0.5, 0.6) is 0 Å². The summed E-state index contributed by atoms with van der Waals surface area (Å²) in [4.78, 5) is 5.14. The highest BCUT2D eigenvalue weighted by molar-refractivity contribution is 7.90. The average molecular weight is 464 g/mol. The van der Waals surface area contributed by atoms with Gasteiger partial charge in [-0.3, -0.25) is 4.90 Å². The molecule has 0 aromatic heterocycles. The van der Waals surface area contributed by atoms with Gasteiger partial charge in [0.1, 0.15) is 0 Å². The van der Waals surface area contributed by atoms with Gasteiger partial charge in [-0.25, -0.2) is 8.42 Å². The van der Waals surface area contributed by atoms with E-state index in [4.69, 9.17) is 0 Å². The fourth-order valence-corrected chi connectivity index (χ4v) is 5.29. The molecule has 4 rings (SSSR count). The summed E-state index contributed by atoms with van der Waals surface area (Å²) in [5, 5.41) is 3.58. The minimum absolute atomic E-state index is 0.166. The summed E-state index contributed by atoms with van der Waals surface area (Å²) in [5.41, 5.74) is 3.85. The lowest BCUT2D eigenvalue weighted by atomic mass is 9.98. The van der Waals surface area contributed by atoms with Gasteiger partial charge >= 0.3 is 0 Å². The van der Waals surface area contributed by atoms with Crippen LogP contribution in [0.25, 0.3) is 0 Å². The molecule has 0 bridgehead atoms. The molecule has 5 nitrogen and oxygen atoms in total. The standard InChI is InChI=1S/C27H33N3O2S/c1-21(2)29-16-18-30(19-17-29)24-14-15-26(33(3,31)32)25(20-24)28-27(22-10-6-4-7-11-22)23-12-8-5-9-13-23/h4-15,20-21,27-28H,16-19H2,1-3H3. The molecule has 33 heavy (non-hydrogen) atoms. The van der Waals surface area contributed by atoms with Crippen molar-refractivity contribution in [1.29, 1.82) is 0 Å². The van der Waals surface area contributed by atoms with Crippen molar-refractivity contribution in [2.45, 2.75) is 30.8 Å². The third-order valence-electron chi connectivity index (χ3n) is 6.34. The van der Waals surface area contributed by atoms with Crippen molar-refractivity contribution < 1.29 is 8.42 Å². The maximum absolute atomic E-state index is 12.7. The maximum atomic E-state index is 12.7. The summed E-state index contributed by atoms with van der Waals surface area (Å²) in [6, 6.07) is 26.3. The fraction of sp³-hybridized carbons (Fsp3) is 0.333. The topological polar surface area (TPSA) is 52.7 Å². The number of benzene rings is 3. The molecule has 3 aromatic rings. The first-order valence-electron chi connectivity index (χ1n) is 11.5. The molecule has 6 heteroatoms. The minimum Gasteiger partial charge on any atom is -0.373 e. The van der Waals surface area contributed by atoms with Crippen LogP contribution in [0.3, 0.4) is 0 Å². The normalized spacial score (nSPS) is 15.2. The zero-order valence-corrected chi connectivity index (χ0v) is 20.4. The molecule has 0 saturated carbocycles. The van der Waals surface area contributed by atoms with E-state index >= 15 is 0 Å². The van der Waals surface area contributed by atoms with Crippen LogP contribution in [0.4, 0.5) is 11.4 Å². The second-order valence-corrected chi connectivity index (χ2v) is 11.0. The third kappa shape index (κ3) is 5.57. The molecule has 1 N–H and O–H groups in total. The number of sulfone groups is 1. The maximum Gasteiger partial charge on any atom is 0.177 e. The summed E-state index contributed by atoms with van der Waals surface area (Å²) in [6.07, 6.45) is 1.27. The van der Waals surface area contributed by atoms with Crippen molar-refractivity contribution in [3.8, 4) is 0 Å². The molecule has 3 aromatic carbocycles. The molecule has 1 aliphatic rings. The smallest absolute Gasteiger partial charge is 0.177 e. The number of rotatable bonds is 7. The van der Waals surface area contributed by atoms with E-state index in [2.05, 4.69) is 53.2 Å². The predicted octanol–water partition coefficient (Wildman–Crippen LogP) is 4.82. The van der Waals surface area contributed by atoms with Gasteiger partial charge in [0.25, 0.3) is 0 Å². The van der Waals surface area contributed by atoms with E-state index in [-0.39, 0.29) is 6.04 Å². The quantitative estimate of drug-likeness (QED) is 0.544. The molecular weight excluding hydrogens is 430 g/mol. The van der Waals surface area contributed by atoms with E-state index in [1.165, 1.54) is 6.26 Å². The number of nitrogens with zero attached hydrogens (tertiary/aromatic N) is 2. The second-order valence-electron chi connectivity index (χ2n) is 8.97. The molecule has 1 aliphatic heterocycles. The monoisotopic (exact) mass is 463 g/mol. The molecular formula is C27H33N3O2S. The first kappa shape index (κ1) is 23.3. The SMILES string of the molecule is CC(C)N1CCN(c2ccc(S(C)(=O)=O)c(NC(c3ccccc3)c3ccccc3)c2)CC1. The van der Waals surface area contributed by atoms with Crippen LogP contribution < -0.4 is 10.2 Å². The largest absolute Gasteiger partial charge is 0.373 e. The summed E-state index contributed by atoms with van der Waals surface area (Å²) in [6.45, 7) is 8.32. The second kappa shape index (κ2) is 9.98. The van der Waals surface area contributed by atoms with Crippen LogP contribution in [-0.4, -0.2) is 51.8 Å². The van der Waals surface area contributed by atoms with Gasteiger partial charge in [0.15, 0.2) is 9.84 Å². The highest BCUT2D eigenvalue weighted by Gasteiger charge is 2.23. The summed E-state index contributed by atoms with van der Waals surface area (Å²) in [7, 11) is -3.40. The number of nitrogens with one attached hydrogen (secondary N) is 1. The molecule has 0 unspecified atom stereocenters. The zero-order chi connectivity index (χ0) is 23.4. The van der Waals surface area contributed by atoms with Crippen molar-refractivity contribution >= 4 is 21.2 Å². The third-order valence-corrected chi connectivity index (χ3v) is 7.49. The van der Waals surface area contributed by atoms with Crippen molar-refractivity contribution in [2.75, 3.05) is 42.7 Å². The highest BCUT2D eigenvalue weighted by Crippen LogP contribution is 2.33. The summed E-state index contributed by atoms with van der Waals surface area (Å²) >= 11 is 0. The fourth-order valence-electron chi connectivity index (χ4n) is 4.45. The van der Waals surface area contributed by atoms with E-state index in [9.17, 15) is 8.42 Å². The van der Waals surface area contributed by atoms with E-state index < -0.39 is 9.84 Å². The highest BCUT2D eigenvalue weighted by atomic mass is 32.2. The zero-order valence-electron chi connectivity index (χ0n) is 19.6. The first-order valence-corrected chi connectivity index (χ1v) is 13.4. The van der Waals surface area contributed by atoms with Crippen LogP contribution in [0.2, 0.25) is 0 Å². The van der Waals surface area contributed by atoms with E-state index in [0.29, 0.717) is 16.6 Å². The number of piperazine rings is 1.